The maximum absolute atomic E-state index is 15.1. The second kappa shape index (κ2) is 8.11. The smallest absolute Gasteiger partial charge is 0.260 e. The van der Waals surface area contributed by atoms with E-state index in [1.807, 2.05) is 15.5 Å². The van der Waals surface area contributed by atoms with Crippen molar-refractivity contribution >= 4 is 17.4 Å². The Morgan fingerprint density at radius 3 is 2.85 bits per heavy atom. The molecule has 4 aliphatic rings. The van der Waals surface area contributed by atoms with E-state index in [2.05, 4.69) is 20.5 Å². The van der Waals surface area contributed by atoms with Gasteiger partial charge in [-0.1, -0.05) is 6.07 Å². The minimum absolute atomic E-state index is 0.121. The van der Waals surface area contributed by atoms with Gasteiger partial charge in [0.25, 0.3) is 5.91 Å². The molecule has 0 radical (unpaired) electrons. The predicted molar refractivity (Wildman–Crippen MR) is 118 cm³/mol. The van der Waals surface area contributed by atoms with Crippen LogP contribution in [0, 0.1) is 5.82 Å². The number of nitrogens with one attached hydrogen (secondary N) is 1. The molecule has 3 aromatic rings. The summed E-state index contributed by atoms with van der Waals surface area (Å²) in [5.74, 6) is 0.421. The molecular weight excluding hydrogens is 427 g/mol. The molecule has 4 bridgehead atoms. The Hall–Kier alpha value is -3.53. The van der Waals surface area contributed by atoms with Gasteiger partial charge in [0.05, 0.1) is 30.1 Å². The van der Waals surface area contributed by atoms with Crippen LogP contribution in [0.4, 0.5) is 15.9 Å². The number of carbonyl (C=O) groups excluding carboxylic acids is 1. The summed E-state index contributed by atoms with van der Waals surface area (Å²) < 4.78 is 28.6. The number of ether oxygens (including phenoxy) is 2. The summed E-state index contributed by atoms with van der Waals surface area (Å²) >= 11 is 0. The van der Waals surface area contributed by atoms with E-state index >= 15 is 4.39 Å². The van der Waals surface area contributed by atoms with Crippen molar-refractivity contribution in [3.63, 3.8) is 0 Å². The third-order valence-corrected chi connectivity index (χ3v) is 6.28. The zero-order valence-electron chi connectivity index (χ0n) is 17.9. The standard InChI is InChI=1S/C23H23FN6O3/c24-17-10-20-16(9-19(17)30-11-14-8-15(12-30)33-14)23(31)27-21-5-3-4-18(26-21)22-28-25-13-29(22)6-1-2-7-32-20/h3-5,9-10,13-15H,1-2,6-8,11-12H2,(H,26,27,31). The highest BCUT2D eigenvalue weighted by molar-refractivity contribution is 6.06. The normalized spacial score (nSPS) is 22.2. The Bertz CT molecular complexity index is 1200. The van der Waals surface area contributed by atoms with Gasteiger partial charge in [-0.15, -0.1) is 10.2 Å². The van der Waals surface area contributed by atoms with Gasteiger partial charge in [-0.2, -0.15) is 0 Å². The molecule has 7 rings (SSSR count). The van der Waals surface area contributed by atoms with Crippen molar-refractivity contribution in [2.24, 2.45) is 0 Å². The van der Waals surface area contributed by atoms with Gasteiger partial charge in [-0.3, -0.25) is 4.79 Å². The van der Waals surface area contributed by atoms with Crippen LogP contribution in [0.15, 0.2) is 36.7 Å². The number of morpholine rings is 1. The fraction of sp³-hybridized carbons (Fsp3) is 0.391. The number of anilines is 2. The van der Waals surface area contributed by atoms with Crippen LogP contribution in [0.3, 0.4) is 0 Å². The van der Waals surface area contributed by atoms with Crippen molar-refractivity contribution in [2.75, 3.05) is 29.9 Å². The fourth-order valence-electron chi connectivity index (χ4n) is 4.63. The molecule has 2 atom stereocenters. The van der Waals surface area contributed by atoms with Gasteiger partial charge in [0.1, 0.15) is 29.4 Å². The number of aromatic nitrogens is 4. The molecule has 2 aromatic heterocycles. The number of hydrogen-bond acceptors (Lipinski definition) is 7. The lowest BCUT2D eigenvalue weighted by Gasteiger charge is -2.48. The van der Waals surface area contributed by atoms with E-state index in [1.165, 1.54) is 6.07 Å². The molecule has 170 valence electrons. The van der Waals surface area contributed by atoms with Crippen molar-refractivity contribution in [3.05, 3.63) is 48.0 Å². The zero-order valence-corrected chi connectivity index (χ0v) is 17.9. The number of carbonyl (C=O) groups is 1. The monoisotopic (exact) mass is 450 g/mol. The fourth-order valence-corrected chi connectivity index (χ4v) is 4.63. The van der Waals surface area contributed by atoms with Crippen molar-refractivity contribution in [2.45, 2.75) is 38.0 Å². The first-order valence-corrected chi connectivity index (χ1v) is 11.2. The summed E-state index contributed by atoms with van der Waals surface area (Å²) in [4.78, 5) is 19.8. The SMILES string of the molecule is O=C1Nc2cccc(n2)-c2nncn2CCCCOc2cc(F)c(N3CC4CC(C3)O4)cc21. The lowest BCUT2D eigenvalue weighted by molar-refractivity contribution is -0.133. The molecule has 3 saturated heterocycles. The molecule has 9 nitrogen and oxygen atoms in total. The Morgan fingerprint density at radius 2 is 2.00 bits per heavy atom. The van der Waals surface area contributed by atoms with E-state index < -0.39 is 11.7 Å². The van der Waals surface area contributed by atoms with E-state index in [1.54, 1.807) is 24.5 Å². The van der Waals surface area contributed by atoms with E-state index in [9.17, 15) is 4.79 Å². The number of hydrogen-bond donors (Lipinski definition) is 1. The minimum atomic E-state index is -0.409. The lowest BCUT2D eigenvalue weighted by Crippen LogP contribution is -2.57. The highest BCUT2D eigenvalue weighted by Gasteiger charge is 2.39. The summed E-state index contributed by atoms with van der Waals surface area (Å²) in [6.07, 6.45) is 4.44. The molecule has 0 spiro atoms. The molecular formula is C23H23FN6O3. The number of rotatable bonds is 1. The van der Waals surface area contributed by atoms with Crippen LogP contribution >= 0.6 is 0 Å². The molecule has 1 aromatic carbocycles. The third kappa shape index (κ3) is 3.80. The van der Waals surface area contributed by atoms with Gasteiger partial charge < -0.3 is 24.3 Å². The van der Waals surface area contributed by atoms with Crippen LogP contribution in [0.1, 0.15) is 29.6 Å². The first-order valence-electron chi connectivity index (χ1n) is 11.2. The van der Waals surface area contributed by atoms with Crippen LogP contribution in [0.2, 0.25) is 0 Å². The van der Waals surface area contributed by atoms with Gasteiger partial charge >= 0.3 is 0 Å². The molecule has 1 amide bonds. The molecule has 4 aliphatic heterocycles. The summed E-state index contributed by atoms with van der Waals surface area (Å²) in [6, 6.07) is 8.23. The predicted octanol–water partition coefficient (Wildman–Crippen LogP) is 2.88. The Balaban J connectivity index is 1.36. The molecule has 6 heterocycles. The van der Waals surface area contributed by atoms with Crippen molar-refractivity contribution in [1.29, 1.82) is 0 Å². The molecule has 2 unspecified atom stereocenters. The van der Waals surface area contributed by atoms with Gasteiger partial charge in [-0.25, -0.2) is 9.37 Å². The van der Waals surface area contributed by atoms with Crippen molar-refractivity contribution < 1.29 is 18.7 Å². The first-order chi connectivity index (χ1) is 16.1. The number of nitrogens with zero attached hydrogens (tertiary/aromatic N) is 5. The van der Waals surface area contributed by atoms with Crippen LogP contribution in [-0.2, 0) is 11.3 Å². The summed E-state index contributed by atoms with van der Waals surface area (Å²) in [5.41, 5.74) is 1.28. The molecule has 10 heteroatoms. The first kappa shape index (κ1) is 20.1. The number of halogens is 1. The average Bonchev–Trinajstić information content (AvgIpc) is 3.27. The summed E-state index contributed by atoms with van der Waals surface area (Å²) in [6.45, 7) is 2.28. The minimum Gasteiger partial charge on any atom is -0.493 e. The molecule has 1 N–H and O–H groups in total. The molecule has 33 heavy (non-hydrogen) atoms. The van der Waals surface area contributed by atoms with Gasteiger partial charge in [0.15, 0.2) is 5.82 Å². The zero-order chi connectivity index (χ0) is 22.4. The largest absolute Gasteiger partial charge is 0.493 e. The number of benzene rings is 1. The Kier molecular flexibility index (Phi) is 4.94. The van der Waals surface area contributed by atoms with Crippen LogP contribution < -0.4 is 15.0 Å². The average molecular weight is 450 g/mol. The lowest BCUT2D eigenvalue weighted by atomic mass is 9.97. The van der Waals surface area contributed by atoms with Crippen molar-refractivity contribution in [1.82, 2.24) is 19.7 Å². The van der Waals surface area contributed by atoms with Crippen molar-refractivity contribution in [3.8, 4) is 17.3 Å². The van der Waals surface area contributed by atoms with E-state index in [4.69, 9.17) is 9.47 Å². The number of fused-ring (bicyclic) bond motifs is 7. The second-order valence-corrected chi connectivity index (χ2v) is 8.59. The Labute approximate surface area is 189 Å². The van der Waals surface area contributed by atoms with Gasteiger partial charge in [-0.05, 0) is 31.0 Å². The quantitative estimate of drug-likeness (QED) is 0.609. The van der Waals surface area contributed by atoms with E-state index in [0.717, 1.165) is 19.3 Å². The number of amides is 1. The highest BCUT2D eigenvalue weighted by atomic mass is 19.1. The Morgan fingerprint density at radius 1 is 1.15 bits per heavy atom. The van der Waals surface area contributed by atoms with Crippen LogP contribution in [-0.4, -0.2) is 57.6 Å². The molecule has 3 fully saturated rings. The second-order valence-electron chi connectivity index (χ2n) is 8.59. The number of aryl methyl sites for hydroxylation is 1. The number of piperidine rings is 1. The summed E-state index contributed by atoms with van der Waals surface area (Å²) in [7, 11) is 0. The molecule has 0 saturated carbocycles. The van der Waals surface area contributed by atoms with E-state index in [-0.39, 0.29) is 23.5 Å². The highest BCUT2D eigenvalue weighted by Crippen LogP contribution is 2.35. The van der Waals surface area contributed by atoms with Gasteiger partial charge in [0, 0.05) is 32.1 Å². The van der Waals surface area contributed by atoms with Gasteiger partial charge in [0.2, 0.25) is 0 Å². The third-order valence-electron chi connectivity index (χ3n) is 6.28. The maximum Gasteiger partial charge on any atom is 0.260 e. The molecule has 0 aliphatic carbocycles. The number of pyridine rings is 1. The maximum atomic E-state index is 15.1. The topological polar surface area (TPSA) is 94.4 Å². The van der Waals surface area contributed by atoms with E-state index in [0.29, 0.717) is 49.3 Å². The van der Waals surface area contributed by atoms with Crippen LogP contribution in [0.5, 0.6) is 5.75 Å². The van der Waals surface area contributed by atoms with Crippen LogP contribution in [0.25, 0.3) is 11.5 Å². The summed E-state index contributed by atoms with van der Waals surface area (Å²) in [5, 5.41) is 11.0.